The second kappa shape index (κ2) is 6.13. The van der Waals surface area contributed by atoms with Gasteiger partial charge in [0.25, 0.3) is 0 Å². The zero-order valence-corrected chi connectivity index (χ0v) is 10.7. The number of carbonyl (C=O) groups excluding carboxylic acids is 2. The summed E-state index contributed by atoms with van der Waals surface area (Å²) in [6.07, 6.45) is 2.26. The van der Waals surface area contributed by atoms with E-state index in [1.54, 1.807) is 18.7 Å². The number of thioether (sulfide) groups is 1. The number of rotatable bonds is 5. The van der Waals surface area contributed by atoms with Gasteiger partial charge in [0.1, 0.15) is 0 Å². The average molecular weight is 245 g/mol. The lowest BCUT2D eigenvalue weighted by Crippen LogP contribution is -2.41. The lowest BCUT2D eigenvalue weighted by molar-refractivity contribution is -0.143. The van der Waals surface area contributed by atoms with Gasteiger partial charge in [-0.05, 0) is 32.4 Å². The van der Waals surface area contributed by atoms with Crippen LogP contribution in [0.3, 0.4) is 0 Å². The Morgan fingerprint density at radius 1 is 1.50 bits per heavy atom. The van der Waals surface area contributed by atoms with Crippen molar-refractivity contribution in [2.45, 2.75) is 37.9 Å². The van der Waals surface area contributed by atoms with E-state index in [0.29, 0.717) is 13.2 Å². The minimum Gasteiger partial charge on any atom is -0.466 e. The maximum Gasteiger partial charge on any atom is 0.307 e. The van der Waals surface area contributed by atoms with Crippen molar-refractivity contribution in [2.75, 3.05) is 18.9 Å². The maximum absolute atomic E-state index is 11.8. The Morgan fingerprint density at radius 3 is 2.81 bits per heavy atom. The van der Waals surface area contributed by atoms with Crippen molar-refractivity contribution in [2.24, 2.45) is 0 Å². The van der Waals surface area contributed by atoms with Gasteiger partial charge in [-0.25, -0.2) is 0 Å². The van der Waals surface area contributed by atoms with Crippen LogP contribution in [-0.4, -0.2) is 35.5 Å². The lowest BCUT2D eigenvalue weighted by Gasteiger charge is -2.21. The van der Waals surface area contributed by atoms with Crippen molar-refractivity contribution in [3.63, 3.8) is 0 Å². The highest BCUT2D eigenvalue weighted by molar-refractivity contribution is 8.01. The fourth-order valence-electron chi connectivity index (χ4n) is 1.66. The molecule has 1 amide bonds. The summed E-state index contributed by atoms with van der Waals surface area (Å²) in [7, 11) is 0. The minimum atomic E-state index is -0.297. The van der Waals surface area contributed by atoms with Crippen LogP contribution in [0.25, 0.3) is 0 Å². The summed E-state index contributed by atoms with van der Waals surface area (Å²) in [6.45, 7) is 4.49. The number of nitrogens with one attached hydrogen (secondary N) is 1. The molecular formula is C11H19NO3S. The summed E-state index contributed by atoms with van der Waals surface area (Å²) in [4.78, 5) is 22.9. The third kappa shape index (κ3) is 3.70. The highest BCUT2D eigenvalue weighted by Gasteiger charge is 2.36. The SMILES string of the molecule is CCOC(=O)CCNC(=O)C1(C)CCCS1. The Kier molecular flexibility index (Phi) is 5.12. The van der Waals surface area contributed by atoms with Gasteiger partial charge < -0.3 is 10.1 Å². The summed E-state index contributed by atoms with van der Waals surface area (Å²) < 4.78 is 4.48. The molecule has 4 nitrogen and oxygen atoms in total. The molecule has 1 fully saturated rings. The Hall–Kier alpha value is -0.710. The van der Waals surface area contributed by atoms with Crippen molar-refractivity contribution in [3.8, 4) is 0 Å². The molecule has 0 aromatic heterocycles. The van der Waals surface area contributed by atoms with E-state index in [2.05, 4.69) is 5.32 Å². The van der Waals surface area contributed by atoms with E-state index in [-0.39, 0.29) is 23.0 Å². The van der Waals surface area contributed by atoms with Crippen LogP contribution in [0.5, 0.6) is 0 Å². The van der Waals surface area contributed by atoms with E-state index in [1.807, 2.05) is 6.92 Å². The molecule has 16 heavy (non-hydrogen) atoms. The number of esters is 1. The summed E-state index contributed by atoms with van der Waals surface area (Å²) in [5.41, 5.74) is 0. The Morgan fingerprint density at radius 2 is 2.25 bits per heavy atom. The molecule has 5 heteroatoms. The standard InChI is InChI=1S/C11H19NO3S/c1-3-15-9(13)5-7-12-10(14)11(2)6-4-8-16-11/h3-8H2,1-2H3,(H,12,14). The summed E-state index contributed by atoms with van der Waals surface area (Å²) in [5, 5.41) is 2.79. The number of ether oxygens (including phenoxy) is 1. The molecule has 92 valence electrons. The fourth-order valence-corrected chi connectivity index (χ4v) is 2.89. The normalized spacial score (nSPS) is 24.1. The topological polar surface area (TPSA) is 55.4 Å². The molecule has 0 radical (unpaired) electrons. The van der Waals surface area contributed by atoms with Crippen molar-refractivity contribution >= 4 is 23.6 Å². The van der Waals surface area contributed by atoms with Gasteiger partial charge in [0.05, 0.1) is 17.8 Å². The molecule has 1 N–H and O–H groups in total. The molecule has 0 spiro atoms. The lowest BCUT2D eigenvalue weighted by atomic mass is 10.1. The largest absolute Gasteiger partial charge is 0.466 e. The predicted molar refractivity (Wildman–Crippen MR) is 64.4 cm³/mol. The number of carbonyl (C=O) groups is 2. The van der Waals surface area contributed by atoms with Crippen LogP contribution in [0.15, 0.2) is 0 Å². The Balaban J connectivity index is 2.22. The molecule has 1 atom stereocenters. The number of hydrogen-bond acceptors (Lipinski definition) is 4. The molecule has 0 aromatic rings. The van der Waals surface area contributed by atoms with E-state index < -0.39 is 0 Å². The predicted octanol–water partition coefficient (Wildman–Crippen LogP) is 1.34. The second-order valence-electron chi connectivity index (χ2n) is 3.99. The van der Waals surface area contributed by atoms with E-state index in [1.165, 1.54) is 0 Å². The zero-order chi connectivity index (χ0) is 12.0. The molecule has 1 rings (SSSR count). The van der Waals surface area contributed by atoms with Gasteiger partial charge in [-0.1, -0.05) is 0 Å². The van der Waals surface area contributed by atoms with Gasteiger partial charge in [-0.15, -0.1) is 11.8 Å². The number of hydrogen-bond donors (Lipinski definition) is 1. The van der Waals surface area contributed by atoms with Crippen LogP contribution in [0.1, 0.15) is 33.1 Å². The molecule has 1 heterocycles. The van der Waals surface area contributed by atoms with Crippen LogP contribution in [0.2, 0.25) is 0 Å². The smallest absolute Gasteiger partial charge is 0.307 e. The van der Waals surface area contributed by atoms with E-state index >= 15 is 0 Å². The highest BCUT2D eigenvalue weighted by Crippen LogP contribution is 2.37. The van der Waals surface area contributed by atoms with Crippen LogP contribution in [0.4, 0.5) is 0 Å². The molecule has 1 aliphatic rings. The molecule has 0 aliphatic carbocycles. The van der Waals surface area contributed by atoms with Crippen molar-refractivity contribution in [1.29, 1.82) is 0 Å². The first kappa shape index (κ1) is 13.4. The van der Waals surface area contributed by atoms with E-state index in [9.17, 15) is 9.59 Å². The average Bonchev–Trinajstić information content (AvgIpc) is 2.67. The maximum atomic E-state index is 11.8. The van der Waals surface area contributed by atoms with Crippen molar-refractivity contribution in [1.82, 2.24) is 5.32 Å². The molecule has 1 aliphatic heterocycles. The van der Waals surface area contributed by atoms with Crippen LogP contribution < -0.4 is 5.32 Å². The summed E-state index contributed by atoms with van der Waals surface area (Å²) >= 11 is 1.69. The van der Waals surface area contributed by atoms with Crippen molar-refractivity contribution in [3.05, 3.63) is 0 Å². The molecular weight excluding hydrogens is 226 g/mol. The van der Waals surface area contributed by atoms with Crippen LogP contribution in [-0.2, 0) is 14.3 Å². The molecule has 1 saturated heterocycles. The van der Waals surface area contributed by atoms with Gasteiger partial charge in [-0.2, -0.15) is 0 Å². The Bertz CT molecular complexity index is 262. The van der Waals surface area contributed by atoms with Gasteiger partial charge in [-0.3, -0.25) is 9.59 Å². The van der Waals surface area contributed by atoms with E-state index in [0.717, 1.165) is 18.6 Å². The first-order valence-electron chi connectivity index (χ1n) is 5.66. The quantitative estimate of drug-likeness (QED) is 0.743. The molecule has 0 aromatic carbocycles. The third-order valence-electron chi connectivity index (χ3n) is 2.62. The van der Waals surface area contributed by atoms with Gasteiger partial charge in [0.15, 0.2) is 0 Å². The highest BCUT2D eigenvalue weighted by atomic mass is 32.2. The van der Waals surface area contributed by atoms with Gasteiger partial charge in [0, 0.05) is 6.54 Å². The Labute approximate surface area is 100 Å². The molecule has 1 unspecified atom stereocenters. The first-order valence-corrected chi connectivity index (χ1v) is 6.65. The monoisotopic (exact) mass is 245 g/mol. The van der Waals surface area contributed by atoms with Crippen molar-refractivity contribution < 1.29 is 14.3 Å². The summed E-state index contributed by atoms with van der Waals surface area (Å²) in [5.74, 6) is 0.827. The minimum absolute atomic E-state index is 0.0410. The van der Waals surface area contributed by atoms with Crippen LogP contribution >= 0.6 is 11.8 Å². The fraction of sp³-hybridized carbons (Fsp3) is 0.818. The van der Waals surface area contributed by atoms with Gasteiger partial charge in [0.2, 0.25) is 5.91 Å². The summed E-state index contributed by atoms with van der Waals surface area (Å²) in [6, 6.07) is 0. The third-order valence-corrected chi connectivity index (χ3v) is 4.14. The second-order valence-corrected chi connectivity index (χ2v) is 5.59. The van der Waals surface area contributed by atoms with Crippen LogP contribution in [0, 0.1) is 0 Å². The zero-order valence-electron chi connectivity index (χ0n) is 9.88. The number of amides is 1. The molecule has 0 bridgehead atoms. The first-order chi connectivity index (χ1) is 7.58. The van der Waals surface area contributed by atoms with E-state index in [4.69, 9.17) is 4.74 Å². The molecule has 0 saturated carbocycles. The van der Waals surface area contributed by atoms with Gasteiger partial charge >= 0.3 is 5.97 Å².